The number of nitrogens with zero attached hydrogens (tertiary/aromatic N) is 1. The highest BCUT2D eigenvalue weighted by atomic mass is 35.5. The van der Waals surface area contributed by atoms with Crippen LogP contribution in [0.2, 0.25) is 10.0 Å². The average molecular weight is 485 g/mol. The zero-order valence-electron chi connectivity index (χ0n) is 18.6. The highest BCUT2D eigenvalue weighted by molar-refractivity contribution is 6.31. The van der Waals surface area contributed by atoms with Gasteiger partial charge in [0.05, 0.1) is 13.5 Å². The van der Waals surface area contributed by atoms with Crippen molar-refractivity contribution >= 4 is 35.0 Å². The van der Waals surface area contributed by atoms with Crippen molar-refractivity contribution in [3.63, 3.8) is 0 Å². The molecule has 3 rings (SSSR count). The first-order chi connectivity index (χ1) is 15.9. The minimum Gasteiger partial charge on any atom is -0.497 e. The van der Waals surface area contributed by atoms with Gasteiger partial charge >= 0.3 is 0 Å². The van der Waals surface area contributed by atoms with Gasteiger partial charge in [0.2, 0.25) is 11.8 Å². The Labute approximate surface area is 204 Å². The van der Waals surface area contributed by atoms with Crippen molar-refractivity contribution < 1.29 is 14.3 Å². The molecule has 0 radical (unpaired) electrons. The molecule has 3 aromatic carbocycles. The summed E-state index contributed by atoms with van der Waals surface area (Å²) in [6.07, 6.45) is 0.162. The largest absolute Gasteiger partial charge is 0.497 e. The van der Waals surface area contributed by atoms with Crippen molar-refractivity contribution in [2.24, 2.45) is 0 Å². The smallest absolute Gasteiger partial charge is 0.242 e. The molecule has 0 spiro atoms. The van der Waals surface area contributed by atoms with E-state index in [2.05, 4.69) is 5.32 Å². The van der Waals surface area contributed by atoms with Gasteiger partial charge in [0.15, 0.2) is 0 Å². The fraction of sp³-hybridized carbons (Fsp3) is 0.231. The summed E-state index contributed by atoms with van der Waals surface area (Å²) in [6, 6.07) is 21.2. The van der Waals surface area contributed by atoms with Crippen LogP contribution in [0, 0.1) is 0 Å². The number of amides is 2. The molecule has 2 amide bonds. The van der Waals surface area contributed by atoms with Gasteiger partial charge in [-0.25, -0.2) is 0 Å². The number of carbonyl (C=O) groups excluding carboxylic acids is 2. The topological polar surface area (TPSA) is 58.6 Å². The van der Waals surface area contributed by atoms with Crippen LogP contribution in [0.1, 0.15) is 23.6 Å². The third-order valence-corrected chi connectivity index (χ3v) is 5.98. The van der Waals surface area contributed by atoms with Crippen LogP contribution in [0.25, 0.3) is 0 Å². The van der Waals surface area contributed by atoms with Gasteiger partial charge in [0.1, 0.15) is 11.8 Å². The first kappa shape index (κ1) is 24.6. The monoisotopic (exact) mass is 484 g/mol. The quantitative estimate of drug-likeness (QED) is 0.449. The predicted octanol–water partition coefficient (Wildman–Crippen LogP) is 5.28. The summed E-state index contributed by atoms with van der Waals surface area (Å²) in [5.74, 6) is 0.310. The van der Waals surface area contributed by atoms with E-state index in [1.165, 1.54) is 0 Å². The second-order valence-electron chi connectivity index (χ2n) is 7.66. The van der Waals surface area contributed by atoms with Crippen LogP contribution in [0.4, 0.5) is 0 Å². The molecule has 3 aromatic rings. The Morgan fingerprint density at radius 1 is 0.939 bits per heavy atom. The summed E-state index contributed by atoms with van der Waals surface area (Å²) in [5, 5.41) is 4.08. The Bertz CT molecular complexity index is 1090. The minimum absolute atomic E-state index is 0.159. The molecule has 0 aliphatic rings. The lowest BCUT2D eigenvalue weighted by Crippen LogP contribution is -2.48. The van der Waals surface area contributed by atoms with Gasteiger partial charge in [-0.2, -0.15) is 0 Å². The van der Waals surface area contributed by atoms with Gasteiger partial charge in [0.25, 0.3) is 0 Å². The maximum absolute atomic E-state index is 13.3. The first-order valence-corrected chi connectivity index (χ1v) is 11.3. The Hall–Kier alpha value is -3.02. The highest BCUT2D eigenvalue weighted by Gasteiger charge is 2.26. The van der Waals surface area contributed by atoms with E-state index in [1.54, 1.807) is 37.1 Å². The third-order valence-electron chi connectivity index (χ3n) is 5.36. The van der Waals surface area contributed by atoms with Crippen LogP contribution in [0.15, 0.2) is 72.8 Å². The second-order valence-corrected chi connectivity index (χ2v) is 8.50. The van der Waals surface area contributed by atoms with Crippen LogP contribution < -0.4 is 10.1 Å². The van der Waals surface area contributed by atoms with Crippen molar-refractivity contribution in [2.75, 3.05) is 7.11 Å². The van der Waals surface area contributed by atoms with E-state index >= 15 is 0 Å². The van der Waals surface area contributed by atoms with Crippen LogP contribution in [-0.2, 0) is 29.1 Å². The lowest BCUT2D eigenvalue weighted by atomic mass is 10.1. The Balaban J connectivity index is 1.76. The minimum atomic E-state index is -0.686. The first-order valence-electron chi connectivity index (χ1n) is 10.6. The molecule has 1 atom stereocenters. The summed E-state index contributed by atoms with van der Waals surface area (Å²) in [6.45, 7) is 2.30. The molecule has 0 saturated heterocycles. The maximum Gasteiger partial charge on any atom is 0.242 e. The Morgan fingerprint density at radius 2 is 1.58 bits per heavy atom. The van der Waals surface area contributed by atoms with E-state index in [0.717, 1.165) is 22.4 Å². The molecule has 0 aromatic heterocycles. The lowest BCUT2D eigenvalue weighted by Gasteiger charge is -2.29. The molecule has 0 fully saturated rings. The molecule has 1 unspecified atom stereocenters. The average Bonchev–Trinajstić information content (AvgIpc) is 2.83. The number of rotatable bonds is 9. The Kier molecular flexibility index (Phi) is 8.75. The highest BCUT2D eigenvalue weighted by Crippen LogP contribution is 2.18. The molecule has 172 valence electrons. The molecule has 0 bridgehead atoms. The van der Waals surface area contributed by atoms with E-state index < -0.39 is 6.04 Å². The molecule has 0 heterocycles. The van der Waals surface area contributed by atoms with Crippen molar-refractivity contribution in [1.82, 2.24) is 10.2 Å². The molecular formula is C26H26Cl2N2O3. The maximum atomic E-state index is 13.3. The van der Waals surface area contributed by atoms with E-state index in [4.69, 9.17) is 27.9 Å². The number of methoxy groups -OCH3 is 1. The second kappa shape index (κ2) is 11.7. The Morgan fingerprint density at radius 3 is 2.21 bits per heavy atom. The molecular weight excluding hydrogens is 459 g/mol. The van der Waals surface area contributed by atoms with Crippen LogP contribution >= 0.6 is 23.2 Å². The summed E-state index contributed by atoms with van der Waals surface area (Å²) in [4.78, 5) is 27.8. The summed E-state index contributed by atoms with van der Waals surface area (Å²) < 4.78 is 5.21. The van der Waals surface area contributed by atoms with E-state index in [-0.39, 0.29) is 31.3 Å². The number of nitrogens with one attached hydrogen (secondary N) is 1. The van der Waals surface area contributed by atoms with Crippen molar-refractivity contribution in [3.8, 4) is 5.75 Å². The van der Waals surface area contributed by atoms with Gasteiger partial charge in [-0.1, -0.05) is 65.7 Å². The molecule has 33 heavy (non-hydrogen) atoms. The zero-order valence-corrected chi connectivity index (χ0v) is 20.1. The number of ether oxygens (including phenoxy) is 1. The molecule has 0 aliphatic heterocycles. The molecule has 1 N–H and O–H groups in total. The number of halogens is 2. The van der Waals surface area contributed by atoms with Crippen molar-refractivity contribution in [3.05, 3.63) is 99.5 Å². The van der Waals surface area contributed by atoms with E-state index in [9.17, 15) is 9.59 Å². The molecule has 5 nitrogen and oxygen atoms in total. The van der Waals surface area contributed by atoms with Crippen LogP contribution in [0.3, 0.4) is 0 Å². The van der Waals surface area contributed by atoms with Crippen molar-refractivity contribution in [1.29, 1.82) is 0 Å². The molecule has 7 heteroatoms. The van der Waals surface area contributed by atoms with Gasteiger partial charge in [-0.05, 0) is 53.9 Å². The van der Waals surface area contributed by atoms with Gasteiger partial charge in [-0.3, -0.25) is 9.59 Å². The summed E-state index contributed by atoms with van der Waals surface area (Å²) in [5.41, 5.74) is 2.53. The zero-order chi connectivity index (χ0) is 23.8. The number of hydrogen-bond acceptors (Lipinski definition) is 3. The van der Waals surface area contributed by atoms with E-state index in [1.807, 2.05) is 54.6 Å². The third kappa shape index (κ3) is 6.98. The van der Waals surface area contributed by atoms with Crippen LogP contribution in [0.5, 0.6) is 5.75 Å². The number of hydrogen-bond donors (Lipinski definition) is 1. The lowest BCUT2D eigenvalue weighted by molar-refractivity contribution is -0.140. The fourth-order valence-corrected chi connectivity index (χ4v) is 3.69. The standard InChI is InChI=1S/C26H26Cl2N2O3/c1-18(26(32)29-16-21-5-3-4-6-24(21)28)30(17-20-9-13-23(33-2)14-10-20)25(31)15-19-7-11-22(27)12-8-19/h3-14,18H,15-17H2,1-2H3,(H,29,32). The normalized spacial score (nSPS) is 11.5. The van der Waals surface area contributed by atoms with Gasteiger partial charge in [-0.15, -0.1) is 0 Å². The van der Waals surface area contributed by atoms with Crippen molar-refractivity contribution in [2.45, 2.75) is 32.5 Å². The number of carbonyl (C=O) groups is 2. The molecule has 0 aliphatic carbocycles. The SMILES string of the molecule is COc1ccc(CN(C(=O)Cc2ccc(Cl)cc2)C(C)C(=O)NCc2ccccc2Cl)cc1. The summed E-state index contributed by atoms with van der Waals surface area (Å²) in [7, 11) is 1.60. The fourth-order valence-electron chi connectivity index (χ4n) is 3.36. The van der Waals surface area contributed by atoms with Gasteiger partial charge < -0.3 is 15.0 Å². The van der Waals surface area contributed by atoms with E-state index in [0.29, 0.717) is 10.0 Å². The number of benzene rings is 3. The molecule has 0 saturated carbocycles. The van der Waals surface area contributed by atoms with Gasteiger partial charge in [0, 0.05) is 23.1 Å². The summed E-state index contributed by atoms with van der Waals surface area (Å²) >= 11 is 12.2. The van der Waals surface area contributed by atoms with Crippen LogP contribution in [-0.4, -0.2) is 29.9 Å². The predicted molar refractivity (Wildman–Crippen MR) is 131 cm³/mol.